The average molecular weight is 835 g/mol. The summed E-state index contributed by atoms with van der Waals surface area (Å²) in [4.78, 5) is 2.43. The maximum atomic E-state index is 6.48. The van der Waals surface area contributed by atoms with Crippen LogP contribution in [0.1, 0.15) is 0 Å². The topological polar surface area (TPSA) is 21.3 Å². The Morgan fingerprint density at radius 3 is 1.64 bits per heavy atom. The van der Waals surface area contributed by atoms with E-state index < -0.39 is 0 Å². The van der Waals surface area contributed by atoms with E-state index in [1.807, 2.05) is 23.5 Å². The monoisotopic (exact) mass is 834 g/mol. The number of para-hydroxylation sites is 4. The highest BCUT2D eigenvalue weighted by molar-refractivity contribution is 7.26. The van der Waals surface area contributed by atoms with Crippen molar-refractivity contribution in [3.8, 4) is 39.1 Å². The molecule has 0 aliphatic carbocycles. The molecule has 0 bridgehead atoms. The molecule has 0 aliphatic rings. The van der Waals surface area contributed by atoms with Crippen LogP contribution in [-0.4, -0.2) is 4.57 Å². The maximum absolute atomic E-state index is 6.48. The van der Waals surface area contributed by atoms with Gasteiger partial charge < -0.3 is 13.9 Å². The number of furan rings is 1. The summed E-state index contributed by atoms with van der Waals surface area (Å²) in [5, 5.41) is 7.29. The Balaban J connectivity index is 0.965. The van der Waals surface area contributed by atoms with E-state index >= 15 is 0 Å². The van der Waals surface area contributed by atoms with E-state index in [9.17, 15) is 0 Å². The lowest BCUT2D eigenvalue weighted by Gasteiger charge is -2.27. The van der Waals surface area contributed by atoms with Gasteiger partial charge in [0.2, 0.25) is 0 Å². The largest absolute Gasteiger partial charge is 0.455 e. The number of benzene rings is 10. The van der Waals surface area contributed by atoms with Crippen molar-refractivity contribution in [3.63, 3.8) is 0 Å². The first-order valence-corrected chi connectivity index (χ1v) is 22.6. The fraction of sp³-hybridized carbons (Fsp3) is 0. The lowest BCUT2D eigenvalue weighted by molar-refractivity contribution is 0.670. The van der Waals surface area contributed by atoms with Crippen LogP contribution in [0.5, 0.6) is 0 Å². The van der Waals surface area contributed by atoms with Gasteiger partial charge in [-0.1, -0.05) is 164 Å². The Morgan fingerprint density at radius 2 is 0.922 bits per heavy atom. The van der Waals surface area contributed by atoms with Crippen LogP contribution >= 0.6 is 11.3 Å². The van der Waals surface area contributed by atoms with E-state index in [1.54, 1.807) is 0 Å². The molecule has 10 aromatic carbocycles. The Kier molecular flexibility index (Phi) is 8.40. The fourth-order valence-corrected chi connectivity index (χ4v) is 11.1. The van der Waals surface area contributed by atoms with Gasteiger partial charge in [0.25, 0.3) is 0 Å². The molecular weight excluding hydrogens is 797 g/mol. The predicted molar refractivity (Wildman–Crippen MR) is 272 cm³/mol. The first kappa shape index (κ1) is 36.5. The van der Waals surface area contributed by atoms with Crippen molar-refractivity contribution >= 4 is 92.3 Å². The lowest BCUT2D eigenvalue weighted by Crippen LogP contribution is -2.10. The molecule has 0 unspecified atom stereocenters. The molecule has 0 aliphatic heterocycles. The summed E-state index contributed by atoms with van der Waals surface area (Å²) < 4.78 is 11.4. The van der Waals surface area contributed by atoms with Crippen molar-refractivity contribution in [2.75, 3.05) is 4.90 Å². The number of anilines is 3. The Bertz CT molecular complexity index is 3820. The smallest absolute Gasteiger partial charge is 0.143 e. The van der Waals surface area contributed by atoms with Crippen LogP contribution in [-0.2, 0) is 0 Å². The van der Waals surface area contributed by atoms with Crippen LogP contribution in [0.4, 0.5) is 17.1 Å². The molecule has 3 heterocycles. The van der Waals surface area contributed by atoms with Crippen LogP contribution in [0.15, 0.2) is 235 Å². The molecule has 13 aromatic rings. The molecule has 0 saturated heterocycles. The number of hydrogen-bond acceptors (Lipinski definition) is 3. The molecule has 300 valence electrons. The standard InChI is InChI=1S/C60H38N2OS/c1-2-13-39(14-3-1)40-25-31-43(32-26-40)61(44-33-27-41(28-34-44)46-19-12-20-51-50-17-6-10-23-56(50)63-59(46)51)55-38-37-47(60-58(55)52-18-7-11-24-57(52)64-60)42-29-35-45(36-30-42)62-53-21-8-4-15-48(53)49-16-5-9-22-54(49)62/h1-38H. The summed E-state index contributed by atoms with van der Waals surface area (Å²) in [7, 11) is 0. The first-order valence-electron chi connectivity index (χ1n) is 21.7. The third kappa shape index (κ3) is 5.81. The molecule has 0 radical (unpaired) electrons. The van der Waals surface area contributed by atoms with E-state index in [1.165, 1.54) is 64.2 Å². The summed E-state index contributed by atoms with van der Waals surface area (Å²) in [6.45, 7) is 0. The molecule has 0 N–H and O–H groups in total. The Hall–Kier alpha value is -8.18. The molecule has 0 saturated carbocycles. The molecule has 0 fully saturated rings. The summed E-state index contributed by atoms with van der Waals surface area (Å²) in [6, 6.07) is 83.3. The zero-order valence-corrected chi connectivity index (χ0v) is 35.5. The van der Waals surface area contributed by atoms with Gasteiger partial charge in [-0.25, -0.2) is 0 Å². The van der Waals surface area contributed by atoms with Crippen LogP contribution in [0.3, 0.4) is 0 Å². The molecule has 4 heteroatoms. The molecular formula is C60H38N2OS. The number of thiophene rings is 1. The summed E-state index contributed by atoms with van der Waals surface area (Å²) in [5.74, 6) is 0. The van der Waals surface area contributed by atoms with Crippen molar-refractivity contribution in [2.45, 2.75) is 0 Å². The second-order valence-electron chi connectivity index (χ2n) is 16.4. The third-order valence-corrected chi connectivity index (χ3v) is 14.0. The number of rotatable bonds is 7. The van der Waals surface area contributed by atoms with Crippen LogP contribution in [0.25, 0.3) is 103 Å². The van der Waals surface area contributed by atoms with Crippen molar-refractivity contribution in [1.82, 2.24) is 4.57 Å². The maximum Gasteiger partial charge on any atom is 0.143 e. The number of aromatic nitrogens is 1. The van der Waals surface area contributed by atoms with Crippen LogP contribution < -0.4 is 4.90 Å². The molecule has 0 spiro atoms. The number of fused-ring (bicyclic) bond motifs is 9. The van der Waals surface area contributed by atoms with Gasteiger partial charge in [-0.3, -0.25) is 0 Å². The minimum absolute atomic E-state index is 0.904. The molecule has 0 atom stereocenters. The van der Waals surface area contributed by atoms with E-state index in [-0.39, 0.29) is 0 Å². The van der Waals surface area contributed by atoms with Gasteiger partial charge >= 0.3 is 0 Å². The summed E-state index contributed by atoms with van der Waals surface area (Å²) in [5.41, 5.74) is 15.7. The summed E-state index contributed by atoms with van der Waals surface area (Å²) >= 11 is 1.87. The van der Waals surface area contributed by atoms with Crippen molar-refractivity contribution in [1.29, 1.82) is 0 Å². The van der Waals surface area contributed by atoms with Gasteiger partial charge in [0.1, 0.15) is 11.2 Å². The van der Waals surface area contributed by atoms with E-state index in [4.69, 9.17) is 4.42 Å². The molecule has 0 amide bonds. The normalized spacial score (nSPS) is 11.8. The minimum atomic E-state index is 0.904. The molecule has 3 nitrogen and oxygen atoms in total. The van der Waals surface area contributed by atoms with Crippen LogP contribution in [0, 0.1) is 0 Å². The van der Waals surface area contributed by atoms with Gasteiger partial charge in [-0.2, -0.15) is 0 Å². The molecule has 64 heavy (non-hydrogen) atoms. The van der Waals surface area contributed by atoms with Gasteiger partial charge in [0.05, 0.1) is 16.7 Å². The summed E-state index contributed by atoms with van der Waals surface area (Å²) in [6.07, 6.45) is 0. The third-order valence-electron chi connectivity index (χ3n) is 12.8. The quantitative estimate of drug-likeness (QED) is 0.159. The van der Waals surface area contributed by atoms with Gasteiger partial charge in [-0.15, -0.1) is 11.3 Å². The number of hydrogen-bond donors (Lipinski definition) is 0. The Morgan fingerprint density at radius 1 is 0.375 bits per heavy atom. The number of nitrogens with zero attached hydrogens (tertiary/aromatic N) is 2. The van der Waals surface area contributed by atoms with Crippen LogP contribution in [0.2, 0.25) is 0 Å². The van der Waals surface area contributed by atoms with E-state index in [0.29, 0.717) is 0 Å². The zero-order chi connectivity index (χ0) is 42.1. The van der Waals surface area contributed by atoms with Crippen molar-refractivity contribution in [3.05, 3.63) is 231 Å². The first-order chi connectivity index (χ1) is 31.7. The average Bonchev–Trinajstić information content (AvgIpc) is 4.05. The predicted octanol–water partition coefficient (Wildman–Crippen LogP) is 17.5. The SMILES string of the molecule is c1ccc(-c2ccc(N(c3ccc(-c4cccc5c4oc4ccccc45)cc3)c3ccc(-c4ccc(-n5c6ccccc6c6ccccc65)cc4)c4sc5ccccc5c34)cc2)cc1. The molecule has 13 rings (SSSR count). The van der Waals surface area contributed by atoms with E-state index in [2.05, 4.69) is 228 Å². The van der Waals surface area contributed by atoms with Gasteiger partial charge in [0, 0.05) is 64.3 Å². The van der Waals surface area contributed by atoms with Gasteiger partial charge in [-0.05, 0) is 94.5 Å². The fourth-order valence-electron chi connectivity index (χ4n) is 9.84. The minimum Gasteiger partial charge on any atom is -0.455 e. The van der Waals surface area contributed by atoms with Crippen molar-refractivity contribution in [2.24, 2.45) is 0 Å². The van der Waals surface area contributed by atoms with Crippen molar-refractivity contribution < 1.29 is 4.42 Å². The highest BCUT2D eigenvalue weighted by Gasteiger charge is 2.22. The van der Waals surface area contributed by atoms with E-state index in [0.717, 1.165) is 55.8 Å². The highest BCUT2D eigenvalue weighted by Crippen LogP contribution is 2.49. The second kappa shape index (κ2) is 14.7. The Labute approximate surface area is 373 Å². The zero-order valence-electron chi connectivity index (χ0n) is 34.7. The second-order valence-corrected chi connectivity index (χ2v) is 17.5. The highest BCUT2D eigenvalue weighted by atomic mass is 32.1. The molecule has 3 aromatic heterocycles. The lowest BCUT2D eigenvalue weighted by atomic mass is 9.99. The van der Waals surface area contributed by atoms with Gasteiger partial charge in [0.15, 0.2) is 0 Å².